The van der Waals surface area contributed by atoms with Gasteiger partial charge in [0.1, 0.15) is 12.6 Å². The lowest BCUT2D eigenvalue weighted by molar-refractivity contribution is -0.140. The minimum absolute atomic E-state index is 0.0826. The van der Waals surface area contributed by atoms with Crippen molar-refractivity contribution in [2.24, 2.45) is 0 Å². The summed E-state index contributed by atoms with van der Waals surface area (Å²) in [5.41, 5.74) is 2.64. The molecule has 0 aliphatic heterocycles. The van der Waals surface area contributed by atoms with Crippen LogP contribution in [0.25, 0.3) is 0 Å². The Morgan fingerprint density at radius 3 is 2.00 bits per heavy atom. The Morgan fingerprint density at radius 2 is 1.45 bits per heavy atom. The molecule has 0 saturated carbocycles. The summed E-state index contributed by atoms with van der Waals surface area (Å²) >= 11 is 0. The van der Waals surface area contributed by atoms with Crippen molar-refractivity contribution in [2.75, 3.05) is 10.8 Å². The molecule has 2 amide bonds. The third kappa shape index (κ3) is 7.22. The van der Waals surface area contributed by atoms with Crippen LogP contribution in [-0.2, 0) is 26.2 Å². The van der Waals surface area contributed by atoms with Gasteiger partial charge in [-0.15, -0.1) is 0 Å². The van der Waals surface area contributed by atoms with E-state index < -0.39 is 34.1 Å². The molecule has 0 heterocycles. The predicted molar refractivity (Wildman–Crippen MR) is 151 cm³/mol. The highest BCUT2D eigenvalue weighted by Crippen LogP contribution is 2.26. The molecule has 3 rings (SSSR count). The van der Waals surface area contributed by atoms with Gasteiger partial charge in [0.15, 0.2) is 0 Å². The molecule has 1 unspecified atom stereocenters. The highest BCUT2D eigenvalue weighted by molar-refractivity contribution is 7.92. The molecule has 202 valence electrons. The van der Waals surface area contributed by atoms with E-state index >= 15 is 0 Å². The summed E-state index contributed by atoms with van der Waals surface area (Å²) < 4.78 is 28.8. The first-order valence-corrected chi connectivity index (χ1v) is 14.0. The number of nitrogens with one attached hydrogen (secondary N) is 1. The highest BCUT2D eigenvalue weighted by Gasteiger charge is 2.33. The highest BCUT2D eigenvalue weighted by atomic mass is 32.2. The van der Waals surface area contributed by atoms with Crippen LogP contribution in [0.3, 0.4) is 0 Å². The van der Waals surface area contributed by atoms with Crippen LogP contribution in [0.2, 0.25) is 0 Å². The fourth-order valence-corrected chi connectivity index (χ4v) is 5.39. The normalized spacial score (nSPS) is 12.5. The number of amides is 2. The van der Waals surface area contributed by atoms with Crippen molar-refractivity contribution in [1.29, 1.82) is 0 Å². The van der Waals surface area contributed by atoms with E-state index in [0.717, 1.165) is 21.0 Å². The molecule has 0 spiro atoms. The molecule has 0 aromatic heterocycles. The van der Waals surface area contributed by atoms with E-state index in [1.165, 1.54) is 17.0 Å². The number of carbonyl (C=O) groups is 2. The number of benzene rings is 3. The SMILES string of the molecule is Cc1ccc(N(CC(=O)N(Cc2ccccc2)C(C)C(=O)NC(C)(C)C)S(=O)(=O)c2ccccc2)cc1C. The maximum absolute atomic E-state index is 13.9. The van der Waals surface area contributed by atoms with Crippen molar-refractivity contribution in [3.05, 3.63) is 95.6 Å². The second-order valence-electron chi connectivity index (χ2n) is 10.5. The van der Waals surface area contributed by atoms with E-state index in [1.54, 1.807) is 37.3 Å². The number of hydrogen-bond donors (Lipinski definition) is 1. The van der Waals surface area contributed by atoms with Crippen LogP contribution in [0.4, 0.5) is 5.69 Å². The van der Waals surface area contributed by atoms with E-state index in [4.69, 9.17) is 0 Å². The number of nitrogens with zero attached hydrogens (tertiary/aromatic N) is 2. The van der Waals surface area contributed by atoms with Gasteiger partial charge in [-0.05, 0) is 82.5 Å². The second-order valence-corrected chi connectivity index (χ2v) is 12.4. The third-order valence-corrected chi connectivity index (χ3v) is 8.04. The molecule has 1 N–H and O–H groups in total. The van der Waals surface area contributed by atoms with E-state index in [-0.39, 0.29) is 17.3 Å². The number of aryl methyl sites for hydroxylation is 2. The summed E-state index contributed by atoms with van der Waals surface area (Å²) in [5, 5.41) is 2.93. The fraction of sp³-hybridized carbons (Fsp3) is 0.333. The van der Waals surface area contributed by atoms with Crippen LogP contribution >= 0.6 is 0 Å². The average Bonchev–Trinajstić information content (AvgIpc) is 2.87. The van der Waals surface area contributed by atoms with Gasteiger partial charge in [-0.25, -0.2) is 8.42 Å². The molecule has 0 bridgehead atoms. The predicted octanol–water partition coefficient (Wildman–Crippen LogP) is 4.83. The van der Waals surface area contributed by atoms with E-state index in [9.17, 15) is 18.0 Å². The lowest BCUT2D eigenvalue weighted by Gasteiger charge is -2.33. The van der Waals surface area contributed by atoms with E-state index in [2.05, 4.69) is 5.32 Å². The monoisotopic (exact) mass is 535 g/mol. The molecule has 7 nitrogen and oxygen atoms in total. The van der Waals surface area contributed by atoms with Crippen LogP contribution in [0.1, 0.15) is 44.4 Å². The van der Waals surface area contributed by atoms with Crippen molar-refractivity contribution < 1.29 is 18.0 Å². The zero-order valence-electron chi connectivity index (χ0n) is 22.9. The summed E-state index contributed by atoms with van der Waals surface area (Å²) in [4.78, 5) is 28.5. The fourth-order valence-electron chi connectivity index (χ4n) is 3.97. The smallest absolute Gasteiger partial charge is 0.264 e. The molecule has 3 aromatic carbocycles. The van der Waals surface area contributed by atoms with Crippen molar-refractivity contribution in [1.82, 2.24) is 10.2 Å². The van der Waals surface area contributed by atoms with Gasteiger partial charge in [0, 0.05) is 12.1 Å². The van der Waals surface area contributed by atoms with Crippen LogP contribution in [-0.4, -0.2) is 43.3 Å². The number of anilines is 1. The largest absolute Gasteiger partial charge is 0.350 e. The van der Waals surface area contributed by atoms with E-state index in [0.29, 0.717) is 5.69 Å². The number of sulfonamides is 1. The minimum Gasteiger partial charge on any atom is -0.350 e. The summed E-state index contributed by atoms with van der Waals surface area (Å²) in [6.45, 7) is 10.8. The maximum atomic E-state index is 13.9. The maximum Gasteiger partial charge on any atom is 0.264 e. The van der Waals surface area contributed by atoms with Crippen LogP contribution in [0, 0.1) is 13.8 Å². The van der Waals surface area contributed by atoms with Gasteiger partial charge in [-0.2, -0.15) is 0 Å². The first kappa shape index (κ1) is 28.9. The number of carbonyl (C=O) groups excluding carboxylic acids is 2. The Morgan fingerprint density at radius 1 is 0.868 bits per heavy atom. The summed E-state index contributed by atoms with van der Waals surface area (Å²) in [7, 11) is -4.07. The topological polar surface area (TPSA) is 86.8 Å². The molecule has 0 fully saturated rings. The first-order chi connectivity index (χ1) is 17.8. The zero-order chi connectivity index (χ0) is 28.1. The quantitative estimate of drug-likeness (QED) is 0.425. The molecular formula is C30H37N3O4S. The Hall–Kier alpha value is -3.65. The van der Waals surface area contributed by atoms with Crippen molar-refractivity contribution >= 4 is 27.5 Å². The number of rotatable bonds is 9. The second kappa shape index (κ2) is 11.8. The Bertz CT molecular complexity index is 1370. The van der Waals surface area contributed by atoms with Gasteiger partial charge in [-0.3, -0.25) is 13.9 Å². The lowest BCUT2D eigenvalue weighted by Crippen LogP contribution is -2.54. The molecule has 38 heavy (non-hydrogen) atoms. The van der Waals surface area contributed by atoms with Crippen molar-refractivity contribution in [3.8, 4) is 0 Å². The third-order valence-electron chi connectivity index (χ3n) is 6.25. The van der Waals surface area contributed by atoms with Crippen LogP contribution in [0.15, 0.2) is 83.8 Å². The Kier molecular flexibility index (Phi) is 8.99. The van der Waals surface area contributed by atoms with Gasteiger partial charge >= 0.3 is 0 Å². The van der Waals surface area contributed by atoms with Gasteiger partial charge in [0.05, 0.1) is 10.6 Å². The molecule has 0 radical (unpaired) electrons. The van der Waals surface area contributed by atoms with E-state index in [1.807, 2.05) is 71.0 Å². The van der Waals surface area contributed by atoms with Gasteiger partial charge in [0.2, 0.25) is 11.8 Å². The van der Waals surface area contributed by atoms with Gasteiger partial charge in [0.25, 0.3) is 10.0 Å². The van der Waals surface area contributed by atoms with Crippen LogP contribution < -0.4 is 9.62 Å². The summed E-state index contributed by atoms with van der Waals surface area (Å²) in [6.07, 6.45) is 0. The minimum atomic E-state index is -4.07. The molecule has 3 aromatic rings. The molecule has 0 aliphatic carbocycles. The average molecular weight is 536 g/mol. The Balaban J connectivity index is 2.04. The standard InChI is InChI=1S/C30H37N3O4S/c1-22-17-18-26(19-23(22)2)33(38(36,37)27-15-11-8-12-16-27)21-28(34)32(20-25-13-9-7-10-14-25)24(3)29(35)31-30(4,5)6/h7-19,24H,20-21H2,1-6H3,(H,31,35). The Labute approximate surface area is 226 Å². The van der Waals surface area contributed by atoms with Crippen molar-refractivity contribution in [3.63, 3.8) is 0 Å². The molecule has 0 aliphatic rings. The first-order valence-electron chi connectivity index (χ1n) is 12.6. The molecule has 8 heteroatoms. The molecule has 0 saturated heterocycles. The van der Waals surface area contributed by atoms with Crippen molar-refractivity contribution in [2.45, 2.75) is 64.6 Å². The summed E-state index contributed by atoms with van der Waals surface area (Å²) in [6, 6.07) is 21.9. The van der Waals surface area contributed by atoms with Gasteiger partial charge < -0.3 is 10.2 Å². The number of hydrogen-bond acceptors (Lipinski definition) is 4. The zero-order valence-corrected chi connectivity index (χ0v) is 23.7. The van der Waals surface area contributed by atoms with Gasteiger partial charge in [-0.1, -0.05) is 54.6 Å². The van der Waals surface area contributed by atoms with Crippen LogP contribution in [0.5, 0.6) is 0 Å². The molecular weight excluding hydrogens is 498 g/mol. The molecule has 1 atom stereocenters. The summed E-state index contributed by atoms with van der Waals surface area (Å²) in [5.74, 6) is -0.798. The lowest BCUT2D eigenvalue weighted by atomic mass is 10.1.